The van der Waals surface area contributed by atoms with Crippen LogP contribution in [0.1, 0.15) is 16.7 Å². The molecule has 0 fully saturated rings. The number of benzene rings is 2. The molecule has 0 aliphatic rings. The number of halogens is 2. The lowest BCUT2D eigenvalue weighted by molar-refractivity contribution is -0.0498. The van der Waals surface area contributed by atoms with E-state index in [0.717, 1.165) is 22.6 Å². The van der Waals surface area contributed by atoms with E-state index in [9.17, 15) is 8.78 Å². The van der Waals surface area contributed by atoms with Crippen molar-refractivity contribution in [1.29, 1.82) is 0 Å². The first kappa shape index (κ1) is 20.6. The van der Waals surface area contributed by atoms with Crippen molar-refractivity contribution >= 4 is 5.96 Å². The molecule has 27 heavy (non-hydrogen) atoms. The van der Waals surface area contributed by atoms with E-state index in [4.69, 9.17) is 4.74 Å². The fourth-order valence-corrected chi connectivity index (χ4v) is 2.61. The second-order valence-corrected chi connectivity index (χ2v) is 6.03. The van der Waals surface area contributed by atoms with Crippen LogP contribution in [0.15, 0.2) is 53.5 Å². The number of rotatable bonds is 8. The molecule has 0 heterocycles. The van der Waals surface area contributed by atoms with Crippen molar-refractivity contribution in [2.45, 2.75) is 26.3 Å². The molecule has 0 atom stereocenters. The van der Waals surface area contributed by atoms with E-state index < -0.39 is 6.61 Å². The Morgan fingerprint density at radius 2 is 1.63 bits per heavy atom. The standard InChI is InChI=1S/C20H25F2N3O2/c1-23-20(24-12-15-4-6-17(7-5-15)14-26-3)25(2)13-16-8-10-18(11-9-16)27-19(21)22/h4-11,19H,12-14H2,1-3H3,(H,23,24). The van der Waals surface area contributed by atoms with E-state index in [0.29, 0.717) is 19.7 Å². The Morgan fingerprint density at radius 3 is 2.19 bits per heavy atom. The molecule has 0 amide bonds. The third-order valence-corrected chi connectivity index (χ3v) is 3.93. The van der Waals surface area contributed by atoms with Crippen LogP contribution in [0.2, 0.25) is 0 Å². The number of hydrogen-bond acceptors (Lipinski definition) is 3. The summed E-state index contributed by atoms with van der Waals surface area (Å²) in [7, 11) is 5.31. The van der Waals surface area contributed by atoms with Crippen LogP contribution in [0, 0.1) is 0 Å². The average Bonchev–Trinajstić information content (AvgIpc) is 2.65. The van der Waals surface area contributed by atoms with E-state index in [1.807, 2.05) is 24.1 Å². The van der Waals surface area contributed by atoms with Gasteiger partial charge in [0.25, 0.3) is 0 Å². The van der Waals surface area contributed by atoms with Gasteiger partial charge in [-0.05, 0) is 28.8 Å². The molecule has 0 aliphatic carbocycles. The largest absolute Gasteiger partial charge is 0.435 e. The van der Waals surface area contributed by atoms with Crippen molar-refractivity contribution in [2.24, 2.45) is 4.99 Å². The van der Waals surface area contributed by atoms with Crippen molar-refractivity contribution in [3.63, 3.8) is 0 Å². The average molecular weight is 377 g/mol. The first-order valence-corrected chi connectivity index (χ1v) is 8.54. The van der Waals surface area contributed by atoms with Crippen LogP contribution in [0.3, 0.4) is 0 Å². The van der Waals surface area contributed by atoms with Crippen LogP contribution in [-0.4, -0.2) is 38.7 Å². The number of methoxy groups -OCH3 is 1. The molecule has 0 spiro atoms. The predicted octanol–water partition coefficient (Wildman–Crippen LogP) is 3.64. The van der Waals surface area contributed by atoms with Crippen LogP contribution in [0.5, 0.6) is 5.75 Å². The zero-order valence-corrected chi connectivity index (χ0v) is 15.8. The topological polar surface area (TPSA) is 46.1 Å². The van der Waals surface area contributed by atoms with Crippen molar-refractivity contribution in [1.82, 2.24) is 10.2 Å². The van der Waals surface area contributed by atoms with E-state index in [1.54, 1.807) is 26.3 Å². The van der Waals surface area contributed by atoms with Crippen LogP contribution < -0.4 is 10.1 Å². The summed E-state index contributed by atoms with van der Waals surface area (Å²) in [6.45, 7) is -0.989. The molecule has 0 unspecified atom stereocenters. The maximum absolute atomic E-state index is 12.2. The molecule has 146 valence electrons. The summed E-state index contributed by atoms with van der Waals surface area (Å²) in [5.74, 6) is 0.889. The van der Waals surface area contributed by atoms with Gasteiger partial charge in [0.15, 0.2) is 5.96 Å². The highest BCUT2D eigenvalue weighted by molar-refractivity contribution is 5.79. The number of alkyl halides is 2. The summed E-state index contributed by atoms with van der Waals surface area (Å²) in [5, 5.41) is 3.32. The third kappa shape index (κ3) is 6.86. The fourth-order valence-electron chi connectivity index (χ4n) is 2.61. The summed E-state index contributed by atoms with van der Waals surface area (Å²) in [6, 6.07) is 14.8. The zero-order chi connectivity index (χ0) is 19.6. The number of guanidine groups is 1. The number of aliphatic imine (C=N–C) groups is 1. The van der Waals surface area contributed by atoms with Gasteiger partial charge < -0.3 is 19.7 Å². The van der Waals surface area contributed by atoms with Gasteiger partial charge in [-0.3, -0.25) is 4.99 Å². The second kappa shape index (κ2) is 10.5. The van der Waals surface area contributed by atoms with Crippen LogP contribution in [0.25, 0.3) is 0 Å². The lowest BCUT2D eigenvalue weighted by atomic mass is 10.1. The molecule has 1 N–H and O–H groups in total. The highest BCUT2D eigenvalue weighted by Crippen LogP contribution is 2.15. The molecular formula is C20H25F2N3O2. The van der Waals surface area contributed by atoms with Crippen molar-refractivity contribution in [2.75, 3.05) is 21.2 Å². The lowest BCUT2D eigenvalue weighted by Gasteiger charge is -2.22. The molecule has 0 bridgehead atoms. The van der Waals surface area contributed by atoms with Gasteiger partial charge in [-0.1, -0.05) is 36.4 Å². The van der Waals surface area contributed by atoms with Gasteiger partial charge in [-0.15, -0.1) is 0 Å². The first-order chi connectivity index (χ1) is 13.0. The Kier molecular flexibility index (Phi) is 8.00. The lowest BCUT2D eigenvalue weighted by Crippen LogP contribution is -2.38. The quantitative estimate of drug-likeness (QED) is 0.564. The van der Waals surface area contributed by atoms with E-state index >= 15 is 0 Å². The van der Waals surface area contributed by atoms with Gasteiger partial charge in [-0.25, -0.2) is 0 Å². The number of hydrogen-bond donors (Lipinski definition) is 1. The van der Waals surface area contributed by atoms with Crippen LogP contribution >= 0.6 is 0 Å². The molecule has 7 heteroatoms. The van der Waals surface area contributed by atoms with Crippen molar-refractivity contribution in [3.8, 4) is 5.75 Å². The van der Waals surface area contributed by atoms with Gasteiger partial charge in [0, 0.05) is 34.3 Å². The normalized spacial score (nSPS) is 11.6. The molecule has 2 aromatic rings. The molecule has 0 aliphatic heterocycles. The van der Waals surface area contributed by atoms with Gasteiger partial charge in [0.2, 0.25) is 0 Å². The van der Waals surface area contributed by atoms with Crippen LogP contribution in [-0.2, 0) is 24.4 Å². The fraction of sp³-hybridized carbons (Fsp3) is 0.350. The second-order valence-electron chi connectivity index (χ2n) is 6.03. The predicted molar refractivity (Wildman–Crippen MR) is 102 cm³/mol. The summed E-state index contributed by atoms with van der Waals surface area (Å²) in [5.41, 5.74) is 3.23. The molecule has 0 aromatic heterocycles. The molecular weight excluding hydrogens is 352 g/mol. The first-order valence-electron chi connectivity index (χ1n) is 8.54. The molecule has 0 saturated heterocycles. The molecule has 2 rings (SSSR count). The Morgan fingerprint density at radius 1 is 1.04 bits per heavy atom. The van der Waals surface area contributed by atoms with Gasteiger partial charge in [0.1, 0.15) is 5.75 Å². The third-order valence-electron chi connectivity index (χ3n) is 3.93. The summed E-state index contributed by atoms with van der Waals surface area (Å²) < 4.78 is 33.9. The summed E-state index contributed by atoms with van der Waals surface area (Å²) in [4.78, 5) is 6.25. The van der Waals surface area contributed by atoms with Gasteiger partial charge in [-0.2, -0.15) is 8.78 Å². The van der Waals surface area contributed by atoms with Gasteiger partial charge in [0.05, 0.1) is 6.61 Å². The highest BCUT2D eigenvalue weighted by Gasteiger charge is 2.08. The Balaban J connectivity index is 1.88. The summed E-state index contributed by atoms with van der Waals surface area (Å²) in [6.07, 6.45) is 0. The van der Waals surface area contributed by atoms with Crippen molar-refractivity contribution < 1.29 is 18.3 Å². The SMILES string of the molecule is CN=C(NCc1ccc(COC)cc1)N(C)Cc1ccc(OC(F)F)cc1. The van der Waals surface area contributed by atoms with E-state index in [1.165, 1.54) is 12.1 Å². The summed E-state index contributed by atoms with van der Waals surface area (Å²) >= 11 is 0. The van der Waals surface area contributed by atoms with Gasteiger partial charge >= 0.3 is 6.61 Å². The maximum Gasteiger partial charge on any atom is 0.387 e. The number of nitrogens with zero attached hydrogens (tertiary/aromatic N) is 2. The zero-order valence-electron chi connectivity index (χ0n) is 15.8. The number of ether oxygens (including phenoxy) is 2. The monoisotopic (exact) mass is 377 g/mol. The minimum atomic E-state index is -2.81. The van der Waals surface area contributed by atoms with Crippen molar-refractivity contribution in [3.05, 3.63) is 65.2 Å². The minimum absolute atomic E-state index is 0.149. The van der Waals surface area contributed by atoms with E-state index in [2.05, 4.69) is 27.2 Å². The molecule has 2 aromatic carbocycles. The molecule has 5 nitrogen and oxygen atoms in total. The highest BCUT2D eigenvalue weighted by atomic mass is 19.3. The smallest absolute Gasteiger partial charge is 0.387 e. The molecule has 0 saturated carbocycles. The Bertz CT molecular complexity index is 719. The van der Waals surface area contributed by atoms with Crippen LogP contribution in [0.4, 0.5) is 8.78 Å². The Hall–Kier alpha value is -2.67. The number of nitrogens with one attached hydrogen (secondary N) is 1. The minimum Gasteiger partial charge on any atom is -0.435 e. The molecule has 0 radical (unpaired) electrons. The Labute approximate surface area is 158 Å². The van der Waals surface area contributed by atoms with E-state index in [-0.39, 0.29) is 5.75 Å². The maximum atomic E-state index is 12.2.